The number of anilines is 1. The van der Waals surface area contributed by atoms with Gasteiger partial charge in [0.05, 0.1) is 5.56 Å². The summed E-state index contributed by atoms with van der Waals surface area (Å²) in [6.07, 6.45) is 1.55. The Bertz CT molecular complexity index is 1420. The summed E-state index contributed by atoms with van der Waals surface area (Å²) in [4.78, 5) is 46.6. The third kappa shape index (κ3) is 4.45. The number of carboxylic acids is 1. The Balaban J connectivity index is 1.88. The van der Waals surface area contributed by atoms with E-state index in [2.05, 4.69) is 5.32 Å². The number of hydrogen-bond acceptors (Lipinski definition) is 6. The van der Waals surface area contributed by atoms with E-state index in [1.165, 1.54) is 30.3 Å². The molecule has 2 aromatic carbocycles. The molecule has 4 rings (SSSR count). The maximum atomic E-state index is 12.2. The predicted octanol–water partition coefficient (Wildman–Crippen LogP) is 4.28. The highest BCUT2D eigenvalue weighted by Gasteiger charge is 2.22. The Morgan fingerprint density at radius 3 is 2.55 bits per heavy atom. The number of phenolic OH excluding ortho intramolecular Hbond substituents is 1. The van der Waals surface area contributed by atoms with E-state index in [4.69, 9.17) is 4.42 Å². The summed E-state index contributed by atoms with van der Waals surface area (Å²) >= 11 is 0. The molecule has 0 atom stereocenters. The zero-order valence-corrected chi connectivity index (χ0v) is 17.3. The first kappa shape index (κ1) is 21.8. The minimum Gasteiger partial charge on any atom is -0.508 e. The van der Waals surface area contributed by atoms with Gasteiger partial charge in [-0.25, -0.2) is 4.79 Å². The van der Waals surface area contributed by atoms with Gasteiger partial charge in [0.25, 0.3) is 0 Å². The van der Waals surface area contributed by atoms with Crippen molar-refractivity contribution in [3.8, 4) is 28.2 Å². The van der Waals surface area contributed by atoms with Crippen molar-refractivity contribution in [1.82, 2.24) is 0 Å². The summed E-state index contributed by atoms with van der Waals surface area (Å²) in [5.41, 5.74) is 1.66. The van der Waals surface area contributed by atoms with Crippen LogP contribution in [0.5, 0.6) is 5.75 Å². The van der Waals surface area contributed by atoms with Gasteiger partial charge in [-0.2, -0.15) is 0 Å². The quantitative estimate of drug-likeness (QED) is 0.220. The van der Waals surface area contributed by atoms with Crippen LogP contribution in [-0.4, -0.2) is 28.4 Å². The van der Waals surface area contributed by atoms with Crippen LogP contribution in [0.15, 0.2) is 63.8 Å². The summed E-state index contributed by atoms with van der Waals surface area (Å²) in [5, 5.41) is 23.0. The van der Waals surface area contributed by atoms with E-state index in [1.807, 2.05) is 0 Å². The maximum absolute atomic E-state index is 12.2. The molecule has 0 saturated heterocycles. The van der Waals surface area contributed by atoms with Crippen LogP contribution >= 0.6 is 0 Å². The molecule has 1 aliphatic carbocycles. The van der Waals surface area contributed by atoms with E-state index in [9.17, 15) is 29.4 Å². The van der Waals surface area contributed by atoms with E-state index in [-0.39, 0.29) is 46.8 Å². The molecular weight excluding hydrogens is 426 g/mol. The number of phenols is 1. The van der Waals surface area contributed by atoms with Gasteiger partial charge in [0.2, 0.25) is 5.91 Å². The van der Waals surface area contributed by atoms with Crippen molar-refractivity contribution in [1.29, 1.82) is 0 Å². The first-order valence-electron chi connectivity index (χ1n) is 10.2. The molecule has 2 aliphatic rings. The van der Waals surface area contributed by atoms with Gasteiger partial charge in [0, 0.05) is 47.2 Å². The van der Waals surface area contributed by atoms with Crippen molar-refractivity contribution >= 4 is 34.8 Å². The number of carboxylic acid groups (broad SMARTS) is 1. The Morgan fingerprint density at radius 2 is 1.79 bits per heavy atom. The fourth-order valence-electron chi connectivity index (χ4n) is 3.74. The molecule has 1 amide bonds. The molecular formula is C25H19NO7. The first-order chi connectivity index (χ1) is 15.9. The van der Waals surface area contributed by atoms with Gasteiger partial charge >= 0.3 is 5.97 Å². The molecule has 166 valence electrons. The van der Waals surface area contributed by atoms with E-state index in [1.54, 1.807) is 24.3 Å². The molecule has 0 bridgehead atoms. The molecule has 8 heteroatoms. The number of carbonyl (C=O) groups is 3. The number of aldehydes is 1. The Labute approximate surface area is 187 Å². The molecule has 2 aromatic rings. The Hall–Kier alpha value is -4.46. The molecule has 1 heterocycles. The number of rotatable bonds is 7. The average molecular weight is 445 g/mol. The van der Waals surface area contributed by atoms with Gasteiger partial charge in [-0.1, -0.05) is 6.07 Å². The number of amides is 1. The van der Waals surface area contributed by atoms with E-state index >= 15 is 0 Å². The van der Waals surface area contributed by atoms with Crippen LogP contribution in [0, 0.1) is 0 Å². The second-order valence-electron chi connectivity index (χ2n) is 7.49. The first-order valence-corrected chi connectivity index (χ1v) is 10.2. The number of aromatic hydroxyl groups is 1. The molecule has 0 spiro atoms. The Morgan fingerprint density at radius 1 is 1.00 bits per heavy atom. The SMILES string of the molecule is O=CCCCC(=O)Nc1ccc(-c2c3ccc(=O)cc-3oc3cc(O)ccc23)c(C(=O)O)c1. The predicted molar refractivity (Wildman–Crippen MR) is 122 cm³/mol. The topological polar surface area (TPSA) is 134 Å². The molecule has 0 fully saturated rings. The molecule has 0 saturated carbocycles. The van der Waals surface area contributed by atoms with Crippen molar-refractivity contribution in [2.45, 2.75) is 19.3 Å². The third-order valence-electron chi connectivity index (χ3n) is 5.21. The standard InChI is InChI=1S/C25H19NO7/c27-10-2-1-3-23(30)26-14-4-7-17(20(11-14)25(31)32)24-18-8-5-15(28)12-21(18)33-22-13-16(29)6-9-19(22)24/h4-13,28H,1-3H2,(H,26,30)(H,31,32). The minimum absolute atomic E-state index is 0.0408. The third-order valence-corrected chi connectivity index (χ3v) is 5.21. The number of hydrogen-bond donors (Lipinski definition) is 3. The average Bonchev–Trinajstić information content (AvgIpc) is 2.77. The fraction of sp³-hybridized carbons (Fsp3) is 0.120. The highest BCUT2D eigenvalue weighted by atomic mass is 16.4. The molecule has 1 aliphatic heterocycles. The lowest BCUT2D eigenvalue weighted by Crippen LogP contribution is -2.12. The van der Waals surface area contributed by atoms with Crippen molar-refractivity contribution in [3.63, 3.8) is 0 Å². The van der Waals surface area contributed by atoms with Gasteiger partial charge < -0.3 is 24.7 Å². The highest BCUT2D eigenvalue weighted by Crippen LogP contribution is 2.42. The zero-order chi connectivity index (χ0) is 23.5. The smallest absolute Gasteiger partial charge is 0.336 e. The maximum Gasteiger partial charge on any atom is 0.336 e. The summed E-state index contributed by atoms with van der Waals surface area (Å²) < 4.78 is 5.80. The minimum atomic E-state index is -1.21. The van der Waals surface area contributed by atoms with Gasteiger partial charge in [-0.3, -0.25) is 9.59 Å². The van der Waals surface area contributed by atoms with Crippen LogP contribution in [0.4, 0.5) is 5.69 Å². The van der Waals surface area contributed by atoms with Crippen LogP contribution in [0.1, 0.15) is 29.6 Å². The van der Waals surface area contributed by atoms with Crippen LogP contribution < -0.4 is 10.7 Å². The van der Waals surface area contributed by atoms with E-state index in [0.717, 1.165) is 6.29 Å². The monoisotopic (exact) mass is 445 g/mol. The van der Waals surface area contributed by atoms with Crippen LogP contribution in [0.2, 0.25) is 0 Å². The number of benzene rings is 3. The van der Waals surface area contributed by atoms with Crippen LogP contribution in [-0.2, 0) is 9.59 Å². The molecule has 0 radical (unpaired) electrons. The van der Waals surface area contributed by atoms with Crippen LogP contribution in [0.25, 0.3) is 33.4 Å². The molecule has 0 aromatic heterocycles. The van der Waals surface area contributed by atoms with Crippen molar-refractivity contribution in [3.05, 3.63) is 70.4 Å². The lowest BCUT2D eigenvalue weighted by Gasteiger charge is -2.17. The Kier molecular flexibility index (Phi) is 5.91. The van der Waals surface area contributed by atoms with Crippen molar-refractivity contribution < 1.29 is 29.0 Å². The second kappa shape index (κ2) is 8.96. The summed E-state index contributed by atoms with van der Waals surface area (Å²) in [7, 11) is 0. The normalized spacial score (nSPS) is 10.9. The molecule has 0 unspecified atom stereocenters. The second-order valence-corrected chi connectivity index (χ2v) is 7.49. The molecule has 8 nitrogen and oxygen atoms in total. The van der Waals surface area contributed by atoms with Gasteiger partial charge in [-0.15, -0.1) is 0 Å². The van der Waals surface area contributed by atoms with Crippen molar-refractivity contribution in [2.75, 3.05) is 5.32 Å². The number of carbonyl (C=O) groups excluding carboxylic acids is 2. The number of unbranched alkanes of at least 4 members (excludes halogenated alkanes) is 1. The fourth-order valence-corrected chi connectivity index (χ4v) is 3.74. The van der Waals surface area contributed by atoms with Crippen molar-refractivity contribution in [2.24, 2.45) is 0 Å². The number of fused-ring (bicyclic) bond motifs is 2. The van der Waals surface area contributed by atoms with Gasteiger partial charge in [0.1, 0.15) is 23.4 Å². The molecule has 3 N–H and O–H groups in total. The highest BCUT2D eigenvalue weighted by molar-refractivity contribution is 6.08. The summed E-state index contributed by atoms with van der Waals surface area (Å²) in [6, 6.07) is 13.2. The molecule has 33 heavy (non-hydrogen) atoms. The number of nitrogens with one attached hydrogen (secondary N) is 1. The zero-order valence-electron chi connectivity index (χ0n) is 17.3. The van der Waals surface area contributed by atoms with Gasteiger partial charge in [-0.05, 0) is 48.4 Å². The van der Waals surface area contributed by atoms with Gasteiger partial charge in [0.15, 0.2) is 5.43 Å². The summed E-state index contributed by atoms with van der Waals surface area (Å²) in [5.74, 6) is -1.32. The largest absolute Gasteiger partial charge is 0.508 e. The van der Waals surface area contributed by atoms with Crippen LogP contribution in [0.3, 0.4) is 0 Å². The lowest BCUT2D eigenvalue weighted by molar-refractivity contribution is -0.116. The van der Waals surface area contributed by atoms with E-state index in [0.29, 0.717) is 34.2 Å². The lowest BCUT2D eigenvalue weighted by atomic mass is 9.90. The van der Waals surface area contributed by atoms with E-state index < -0.39 is 5.97 Å². The summed E-state index contributed by atoms with van der Waals surface area (Å²) in [6.45, 7) is 0. The number of aromatic carboxylic acids is 1.